The summed E-state index contributed by atoms with van der Waals surface area (Å²) in [5.74, 6) is -0.0117. The van der Waals surface area contributed by atoms with Gasteiger partial charge < -0.3 is 10.3 Å². The summed E-state index contributed by atoms with van der Waals surface area (Å²) in [6.07, 6.45) is 7.71. The van der Waals surface area contributed by atoms with Gasteiger partial charge in [0.05, 0.1) is 19.1 Å². The number of hydrogen-bond acceptors (Lipinski definition) is 8. The van der Waals surface area contributed by atoms with E-state index in [0.29, 0.717) is 36.5 Å². The summed E-state index contributed by atoms with van der Waals surface area (Å²) in [6, 6.07) is 0. The Balaban J connectivity index is 1.53. The molecule has 0 atom stereocenters. The lowest BCUT2D eigenvalue weighted by atomic mass is 10.2. The zero-order chi connectivity index (χ0) is 17.6. The first-order chi connectivity index (χ1) is 12.2. The molecule has 1 amide bonds. The molecule has 3 heterocycles. The van der Waals surface area contributed by atoms with Crippen LogP contribution in [0.3, 0.4) is 0 Å². The van der Waals surface area contributed by atoms with Crippen LogP contribution in [0.25, 0.3) is 11.2 Å². The lowest BCUT2D eigenvalue weighted by Gasteiger charge is -2.01. The van der Waals surface area contributed by atoms with Crippen molar-refractivity contribution in [3.63, 3.8) is 0 Å². The number of nitrogens with one attached hydrogen (secondary N) is 1. The molecular weight excluding hydrogens is 326 g/mol. The van der Waals surface area contributed by atoms with Crippen LogP contribution < -0.4 is 11.2 Å². The maximum absolute atomic E-state index is 10.9. The van der Waals surface area contributed by atoms with Crippen LogP contribution >= 0.6 is 0 Å². The van der Waals surface area contributed by atoms with E-state index in [1.54, 1.807) is 16.5 Å². The van der Waals surface area contributed by atoms with Gasteiger partial charge in [-0.2, -0.15) is 0 Å². The van der Waals surface area contributed by atoms with Gasteiger partial charge in [0.1, 0.15) is 17.5 Å². The van der Waals surface area contributed by atoms with Crippen LogP contribution in [-0.4, -0.2) is 45.6 Å². The number of aromatic nitrogens is 7. The Bertz CT molecular complexity index is 857. The zero-order valence-electron chi connectivity index (χ0n) is 13.5. The number of carbonyl (C=O) groups is 1. The van der Waals surface area contributed by atoms with E-state index in [4.69, 9.17) is 10.9 Å². The molecule has 0 aromatic carbocycles. The van der Waals surface area contributed by atoms with Gasteiger partial charge in [-0.15, -0.1) is 5.10 Å². The van der Waals surface area contributed by atoms with E-state index in [0.717, 1.165) is 25.0 Å². The molecule has 0 saturated carbocycles. The summed E-state index contributed by atoms with van der Waals surface area (Å²) < 4.78 is 3.61. The molecule has 11 heteroatoms. The molecule has 0 unspecified atom stereocenters. The molecule has 0 bridgehead atoms. The van der Waals surface area contributed by atoms with Gasteiger partial charge in [0.25, 0.3) is 0 Å². The first-order valence-electron chi connectivity index (χ1n) is 7.90. The lowest BCUT2D eigenvalue weighted by molar-refractivity contribution is -0.129. The summed E-state index contributed by atoms with van der Waals surface area (Å²) in [4.78, 5) is 23.2. The highest BCUT2D eigenvalue weighted by Gasteiger charge is 2.10. The van der Waals surface area contributed by atoms with E-state index in [1.165, 1.54) is 6.33 Å². The van der Waals surface area contributed by atoms with Gasteiger partial charge >= 0.3 is 0 Å². The summed E-state index contributed by atoms with van der Waals surface area (Å²) >= 11 is 0. The fourth-order valence-electron chi connectivity index (χ4n) is 2.50. The summed E-state index contributed by atoms with van der Waals surface area (Å²) in [5, 5.41) is 16.7. The second-order valence-corrected chi connectivity index (χ2v) is 5.62. The van der Waals surface area contributed by atoms with Crippen molar-refractivity contribution < 1.29 is 10.0 Å². The fourth-order valence-corrected chi connectivity index (χ4v) is 2.50. The molecule has 0 aliphatic rings. The maximum Gasteiger partial charge on any atom is 0.243 e. The first-order valence-corrected chi connectivity index (χ1v) is 7.90. The Morgan fingerprint density at radius 1 is 1.24 bits per heavy atom. The Labute approximate surface area is 142 Å². The monoisotopic (exact) mass is 345 g/mol. The largest absolute Gasteiger partial charge is 0.382 e. The quantitative estimate of drug-likeness (QED) is 0.296. The van der Waals surface area contributed by atoms with Crippen molar-refractivity contribution in [1.82, 2.24) is 40.0 Å². The minimum atomic E-state index is -0.361. The average molecular weight is 345 g/mol. The third-order valence-corrected chi connectivity index (χ3v) is 3.76. The number of anilines is 1. The molecule has 0 saturated heterocycles. The molecule has 3 rings (SSSR count). The van der Waals surface area contributed by atoms with Gasteiger partial charge in [-0.05, 0) is 12.8 Å². The standard InChI is InChI=1S/C14H19N9O2/c15-13-12-14(17-8-16-13)22(9-18-12)6-10-7-23(21-19-10)5-3-1-2-4-11(24)20-25/h7-9,25H,1-6H2,(H,20,24)(H2,15,16,17). The van der Waals surface area contributed by atoms with Gasteiger partial charge in [0, 0.05) is 13.0 Å². The minimum absolute atomic E-state index is 0.317. The molecule has 132 valence electrons. The molecule has 3 aromatic rings. The van der Waals surface area contributed by atoms with Crippen LogP contribution in [-0.2, 0) is 17.9 Å². The molecule has 0 aliphatic heterocycles. The van der Waals surface area contributed by atoms with Gasteiger partial charge in [-0.3, -0.25) is 14.7 Å². The number of amides is 1. The Morgan fingerprint density at radius 2 is 2.12 bits per heavy atom. The molecule has 0 aliphatic carbocycles. The molecule has 11 nitrogen and oxygen atoms in total. The minimum Gasteiger partial charge on any atom is -0.382 e. The smallest absolute Gasteiger partial charge is 0.243 e. The van der Waals surface area contributed by atoms with E-state index in [2.05, 4.69) is 25.3 Å². The van der Waals surface area contributed by atoms with Crippen LogP contribution in [0, 0.1) is 0 Å². The number of hydrogen-bond donors (Lipinski definition) is 3. The molecular formula is C14H19N9O2. The number of rotatable bonds is 8. The van der Waals surface area contributed by atoms with Gasteiger partial charge in [0.2, 0.25) is 5.91 Å². The fraction of sp³-hybridized carbons (Fsp3) is 0.429. The van der Waals surface area contributed by atoms with Gasteiger partial charge in [0.15, 0.2) is 11.5 Å². The third-order valence-electron chi connectivity index (χ3n) is 3.76. The van der Waals surface area contributed by atoms with E-state index in [1.807, 2.05) is 10.8 Å². The highest BCUT2D eigenvalue weighted by Crippen LogP contribution is 2.15. The molecule has 0 fully saturated rings. The number of nitrogen functional groups attached to an aromatic ring is 1. The van der Waals surface area contributed by atoms with E-state index < -0.39 is 0 Å². The third kappa shape index (κ3) is 4.07. The second kappa shape index (κ2) is 7.66. The van der Waals surface area contributed by atoms with Crippen molar-refractivity contribution in [2.24, 2.45) is 0 Å². The van der Waals surface area contributed by atoms with Crippen molar-refractivity contribution in [2.45, 2.75) is 38.8 Å². The maximum atomic E-state index is 10.9. The Morgan fingerprint density at radius 3 is 2.96 bits per heavy atom. The number of carbonyl (C=O) groups excluding carboxylic acids is 1. The Hall–Kier alpha value is -3.08. The lowest BCUT2D eigenvalue weighted by Crippen LogP contribution is -2.17. The highest BCUT2D eigenvalue weighted by atomic mass is 16.5. The van der Waals surface area contributed by atoms with Crippen molar-refractivity contribution in [3.8, 4) is 0 Å². The SMILES string of the molecule is Nc1ncnc2c1ncn2Cc1cn(CCCCCC(=O)NO)nn1. The van der Waals surface area contributed by atoms with E-state index in [9.17, 15) is 4.79 Å². The summed E-state index contributed by atoms with van der Waals surface area (Å²) in [6.45, 7) is 1.21. The molecule has 0 radical (unpaired) electrons. The predicted octanol–water partition coefficient (Wildman–Crippen LogP) is 0.114. The van der Waals surface area contributed by atoms with Crippen molar-refractivity contribution >= 4 is 22.9 Å². The number of hydroxylamine groups is 1. The van der Waals surface area contributed by atoms with Crippen molar-refractivity contribution in [1.29, 1.82) is 0 Å². The van der Waals surface area contributed by atoms with E-state index in [-0.39, 0.29) is 5.91 Å². The number of fused-ring (bicyclic) bond motifs is 1. The van der Waals surface area contributed by atoms with Crippen molar-refractivity contribution in [2.75, 3.05) is 5.73 Å². The van der Waals surface area contributed by atoms with Gasteiger partial charge in [-0.1, -0.05) is 11.6 Å². The van der Waals surface area contributed by atoms with Crippen LogP contribution in [0.15, 0.2) is 18.9 Å². The van der Waals surface area contributed by atoms with Crippen LogP contribution in [0.1, 0.15) is 31.4 Å². The average Bonchev–Trinajstić information content (AvgIpc) is 3.23. The predicted molar refractivity (Wildman–Crippen MR) is 87.3 cm³/mol. The number of nitrogens with two attached hydrogens (primary N) is 1. The highest BCUT2D eigenvalue weighted by molar-refractivity contribution is 5.81. The van der Waals surface area contributed by atoms with E-state index >= 15 is 0 Å². The molecule has 4 N–H and O–H groups in total. The number of aryl methyl sites for hydroxylation is 1. The van der Waals surface area contributed by atoms with Crippen LogP contribution in [0.4, 0.5) is 5.82 Å². The summed E-state index contributed by atoms with van der Waals surface area (Å²) in [5.41, 5.74) is 9.42. The second-order valence-electron chi connectivity index (χ2n) is 5.62. The molecule has 0 spiro atoms. The van der Waals surface area contributed by atoms with Crippen LogP contribution in [0.2, 0.25) is 0 Å². The zero-order valence-corrected chi connectivity index (χ0v) is 13.5. The normalized spacial score (nSPS) is 11.1. The molecule has 3 aromatic heterocycles. The number of unbranched alkanes of at least 4 members (excludes halogenated alkanes) is 2. The van der Waals surface area contributed by atoms with Crippen LogP contribution in [0.5, 0.6) is 0 Å². The van der Waals surface area contributed by atoms with Crippen molar-refractivity contribution in [3.05, 3.63) is 24.5 Å². The van der Waals surface area contributed by atoms with Gasteiger partial charge in [-0.25, -0.2) is 20.4 Å². The first kappa shape index (κ1) is 16.8. The topological polar surface area (TPSA) is 150 Å². The summed E-state index contributed by atoms with van der Waals surface area (Å²) in [7, 11) is 0. The molecule has 25 heavy (non-hydrogen) atoms. The number of nitrogens with zero attached hydrogens (tertiary/aromatic N) is 7. The number of imidazole rings is 1. The Kier molecular flexibility index (Phi) is 5.14.